The molecular weight excluding hydrogens is 326 g/mol. The average molecular weight is 353 g/mol. The Bertz CT molecular complexity index is 754. The molecule has 26 heavy (non-hydrogen) atoms. The largest absolute Gasteiger partial charge is 0.490 e. The standard InChI is InChI=1S/C21H27N3O2/c1-21(2,3)23-12-14-26-18-10-4-7-16-9-6-13-24(19(16)18)20(25)17-8-5-11-22-15-17/h4-5,7-8,10-11,15,23H,6,9,12-14H2,1-3H3. The number of ether oxygens (including phenoxy) is 1. The summed E-state index contributed by atoms with van der Waals surface area (Å²) in [6, 6.07) is 9.63. The summed E-state index contributed by atoms with van der Waals surface area (Å²) in [5.41, 5.74) is 2.73. The second kappa shape index (κ2) is 7.87. The first-order valence-corrected chi connectivity index (χ1v) is 9.17. The van der Waals surface area contributed by atoms with Crippen LogP contribution in [0.4, 0.5) is 5.69 Å². The van der Waals surface area contributed by atoms with Crippen molar-refractivity contribution in [3.05, 3.63) is 53.9 Å². The van der Waals surface area contributed by atoms with Crippen molar-refractivity contribution >= 4 is 11.6 Å². The van der Waals surface area contributed by atoms with Crippen molar-refractivity contribution in [1.29, 1.82) is 0 Å². The van der Waals surface area contributed by atoms with Crippen LogP contribution in [0.1, 0.15) is 43.1 Å². The van der Waals surface area contributed by atoms with Crippen molar-refractivity contribution < 1.29 is 9.53 Å². The van der Waals surface area contributed by atoms with Crippen molar-refractivity contribution in [1.82, 2.24) is 10.3 Å². The number of aromatic nitrogens is 1. The van der Waals surface area contributed by atoms with Gasteiger partial charge in [0.1, 0.15) is 12.4 Å². The molecule has 2 heterocycles. The summed E-state index contributed by atoms with van der Waals surface area (Å²) < 4.78 is 6.04. The molecule has 3 rings (SSSR count). The molecule has 0 fully saturated rings. The molecule has 0 aliphatic carbocycles. The quantitative estimate of drug-likeness (QED) is 0.837. The molecule has 1 aromatic carbocycles. The predicted octanol–water partition coefficient (Wildman–Crippen LogP) is 3.44. The van der Waals surface area contributed by atoms with E-state index in [1.807, 2.05) is 17.0 Å². The van der Waals surface area contributed by atoms with Crippen LogP contribution in [0.5, 0.6) is 5.75 Å². The van der Waals surface area contributed by atoms with E-state index in [9.17, 15) is 4.79 Å². The van der Waals surface area contributed by atoms with Crippen molar-refractivity contribution in [2.75, 3.05) is 24.6 Å². The second-order valence-electron chi connectivity index (χ2n) is 7.59. The van der Waals surface area contributed by atoms with Crippen molar-refractivity contribution in [3.63, 3.8) is 0 Å². The topological polar surface area (TPSA) is 54.5 Å². The van der Waals surface area contributed by atoms with Gasteiger partial charge < -0.3 is 15.0 Å². The number of rotatable bonds is 5. The molecule has 0 atom stereocenters. The molecule has 5 nitrogen and oxygen atoms in total. The number of fused-ring (bicyclic) bond motifs is 1. The molecule has 1 aliphatic rings. The lowest BCUT2D eigenvalue weighted by Crippen LogP contribution is -2.39. The Balaban J connectivity index is 1.80. The van der Waals surface area contributed by atoms with Crippen LogP contribution >= 0.6 is 0 Å². The maximum atomic E-state index is 13.0. The highest BCUT2D eigenvalue weighted by atomic mass is 16.5. The number of hydrogen-bond acceptors (Lipinski definition) is 4. The molecule has 138 valence electrons. The zero-order valence-electron chi connectivity index (χ0n) is 15.8. The number of aryl methyl sites for hydroxylation is 1. The van der Waals surface area contributed by atoms with Crippen LogP contribution < -0.4 is 15.0 Å². The SMILES string of the molecule is CC(C)(C)NCCOc1cccc2c1N(C(=O)c1cccnc1)CCC2. The molecule has 1 amide bonds. The Labute approximate surface area is 155 Å². The van der Waals surface area contributed by atoms with Crippen LogP contribution in [-0.2, 0) is 6.42 Å². The molecule has 2 aromatic rings. The number of benzene rings is 1. The van der Waals surface area contributed by atoms with E-state index in [0.717, 1.165) is 36.4 Å². The van der Waals surface area contributed by atoms with Gasteiger partial charge in [0, 0.05) is 31.0 Å². The van der Waals surface area contributed by atoms with Crippen LogP contribution in [0, 0.1) is 0 Å². The van der Waals surface area contributed by atoms with Gasteiger partial charge in [-0.3, -0.25) is 9.78 Å². The van der Waals surface area contributed by atoms with E-state index in [2.05, 4.69) is 37.1 Å². The van der Waals surface area contributed by atoms with Crippen molar-refractivity contribution in [2.45, 2.75) is 39.2 Å². The van der Waals surface area contributed by atoms with E-state index in [1.165, 1.54) is 0 Å². The second-order valence-corrected chi connectivity index (χ2v) is 7.59. The molecule has 0 saturated carbocycles. The third kappa shape index (κ3) is 4.41. The molecule has 0 spiro atoms. The number of nitrogens with zero attached hydrogens (tertiary/aromatic N) is 2. The normalized spacial score (nSPS) is 14.0. The molecule has 0 saturated heterocycles. The fraction of sp³-hybridized carbons (Fsp3) is 0.429. The highest BCUT2D eigenvalue weighted by molar-refractivity contribution is 6.07. The number of para-hydroxylation sites is 1. The number of carbonyl (C=O) groups excluding carboxylic acids is 1. The van der Waals surface area contributed by atoms with Gasteiger partial charge in [0.25, 0.3) is 5.91 Å². The predicted molar refractivity (Wildman–Crippen MR) is 104 cm³/mol. The highest BCUT2D eigenvalue weighted by Crippen LogP contribution is 2.37. The van der Waals surface area contributed by atoms with Gasteiger partial charge in [-0.05, 0) is 57.4 Å². The maximum absolute atomic E-state index is 13.0. The first kappa shape index (κ1) is 18.4. The fourth-order valence-electron chi connectivity index (χ4n) is 3.17. The van der Waals surface area contributed by atoms with Gasteiger partial charge >= 0.3 is 0 Å². The lowest BCUT2D eigenvalue weighted by molar-refractivity contribution is 0.0983. The first-order chi connectivity index (χ1) is 12.5. The minimum atomic E-state index is -0.0251. The Morgan fingerprint density at radius 1 is 1.27 bits per heavy atom. The van der Waals surface area contributed by atoms with Gasteiger partial charge in [0.15, 0.2) is 0 Å². The van der Waals surface area contributed by atoms with Gasteiger partial charge in [0.05, 0.1) is 11.3 Å². The third-order valence-electron chi connectivity index (χ3n) is 4.35. The number of hydrogen-bond donors (Lipinski definition) is 1. The lowest BCUT2D eigenvalue weighted by Gasteiger charge is -2.31. The fourth-order valence-corrected chi connectivity index (χ4v) is 3.17. The van der Waals surface area contributed by atoms with Crippen LogP contribution in [0.15, 0.2) is 42.7 Å². The molecule has 0 bridgehead atoms. The molecule has 1 aliphatic heterocycles. The van der Waals surface area contributed by atoms with Gasteiger partial charge in [-0.15, -0.1) is 0 Å². The van der Waals surface area contributed by atoms with E-state index in [1.54, 1.807) is 24.5 Å². The molecule has 0 radical (unpaired) electrons. The first-order valence-electron chi connectivity index (χ1n) is 9.17. The van der Waals surface area contributed by atoms with Crippen LogP contribution in [0.3, 0.4) is 0 Å². The summed E-state index contributed by atoms with van der Waals surface area (Å²) in [5, 5.41) is 3.42. The summed E-state index contributed by atoms with van der Waals surface area (Å²) in [6.45, 7) is 8.40. The Kier molecular flexibility index (Phi) is 5.57. The smallest absolute Gasteiger partial charge is 0.259 e. The lowest BCUT2D eigenvalue weighted by atomic mass is 10.00. The number of amides is 1. The van der Waals surface area contributed by atoms with E-state index in [4.69, 9.17) is 4.74 Å². The zero-order chi connectivity index (χ0) is 18.6. The van der Waals surface area contributed by atoms with E-state index >= 15 is 0 Å². The van der Waals surface area contributed by atoms with Crippen LogP contribution in [0.2, 0.25) is 0 Å². The monoisotopic (exact) mass is 353 g/mol. The zero-order valence-corrected chi connectivity index (χ0v) is 15.8. The summed E-state index contributed by atoms with van der Waals surface area (Å²) >= 11 is 0. The molecule has 5 heteroatoms. The van der Waals surface area contributed by atoms with Crippen LogP contribution in [-0.4, -0.2) is 36.1 Å². The minimum absolute atomic E-state index is 0.0251. The number of nitrogens with one attached hydrogen (secondary N) is 1. The number of pyridine rings is 1. The summed E-state index contributed by atoms with van der Waals surface area (Å²) in [7, 11) is 0. The average Bonchev–Trinajstić information content (AvgIpc) is 2.64. The summed E-state index contributed by atoms with van der Waals surface area (Å²) in [5.74, 6) is 0.748. The summed E-state index contributed by atoms with van der Waals surface area (Å²) in [6.07, 6.45) is 5.21. The highest BCUT2D eigenvalue weighted by Gasteiger charge is 2.27. The van der Waals surface area contributed by atoms with Crippen molar-refractivity contribution in [2.24, 2.45) is 0 Å². The third-order valence-corrected chi connectivity index (χ3v) is 4.35. The maximum Gasteiger partial charge on any atom is 0.259 e. The molecule has 0 unspecified atom stereocenters. The Hall–Kier alpha value is -2.40. The Morgan fingerprint density at radius 3 is 2.85 bits per heavy atom. The number of anilines is 1. The van der Waals surface area contributed by atoms with Gasteiger partial charge in [-0.25, -0.2) is 0 Å². The van der Waals surface area contributed by atoms with Gasteiger partial charge in [-0.1, -0.05) is 12.1 Å². The molecular formula is C21H27N3O2. The van der Waals surface area contributed by atoms with Gasteiger partial charge in [-0.2, -0.15) is 0 Å². The van der Waals surface area contributed by atoms with Crippen molar-refractivity contribution in [3.8, 4) is 5.75 Å². The Morgan fingerprint density at radius 2 is 2.12 bits per heavy atom. The molecule has 1 aromatic heterocycles. The van der Waals surface area contributed by atoms with Crippen LogP contribution in [0.25, 0.3) is 0 Å². The van der Waals surface area contributed by atoms with E-state index < -0.39 is 0 Å². The molecule has 1 N–H and O–H groups in total. The van der Waals surface area contributed by atoms with E-state index in [-0.39, 0.29) is 11.4 Å². The number of carbonyl (C=O) groups is 1. The van der Waals surface area contributed by atoms with E-state index in [0.29, 0.717) is 18.7 Å². The summed E-state index contributed by atoms with van der Waals surface area (Å²) in [4.78, 5) is 18.9. The minimum Gasteiger partial charge on any atom is -0.490 e. The van der Waals surface area contributed by atoms with Gasteiger partial charge in [0.2, 0.25) is 0 Å².